The van der Waals surface area contributed by atoms with E-state index in [2.05, 4.69) is 15.6 Å². The highest BCUT2D eigenvalue weighted by Gasteiger charge is 2.34. The second kappa shape index (κ2) is 9.32. The van der Waals surface area contributed by atoms with Gasteiger partial charge in [-0.3, -0.25) is 9.59 Å². The molecule has 1 aromatic heterocycles. The Morgan fingerprint density at radius 2 is 1.94 bits per heavy atom. The third kappa shape index (κ3) is 4.95. The normalized spacial score (nSPS) is 13.1. The van der Waals surface area contributed by atoms with Crippen molar-refractivity contribution in [3.63, 3.8) is 0 Å². The quantitative estimate of drug-likeness (QED) is 0.504. The number of oxazole rings is 1. The van der Waals surface area contributed by atoms with E-state index in [1.807, 2.05) is 30.3 Å². The van der Waals surface area contributed by atoms with Gasteiger partial charge in [0.2, 0.25) is 5.89 Å². The summed E-state index contributed by atoms with van der Waals surface area (Å²) in [7, 11) is 1.56. The van der Waals surface area contributed by atoms with E-state index in [0.717, 1.165) is 18.4 Å². The summed E-state index contributed by atoms with van der Waals surface area (Å²) in [5.74, 6) is 0.479. The van der Waals surface area contributed by atoms with Gasteiger partial charge in [0.25, 0.3) is 11.8 Å². The number of carbonyl (C=O) groups is 2. The van der Waals surface area contributed by atoms with Gasteiger partial charge in [-0.1, -0.05) is 29.8 Å². The minimum atomic E-state index is -0.424. The van der Waals surface area contributed by atoms with Crippen LogP contribution in [-0.4, -0.2) is 37.1 Å². The highest BCUT2D eigenvalue weighted by Crippen LogP contribution is 2.43. The Hall–Kier alpha value is -3.16. The fraction of sp³-hybridized carbons (Fsp3) is 0.261. The van der Waals surface area contributed by atoms with Gasteiger partial charge in [0.15, 0.2) is 5.69 Å². The monoisotopic (exact) mass is 439 g/mol. The van der Waals surface area contributed by atoms with Crippen molar-refractivity contribution >= 4 is 29.1 Å². The summed E-state index contributed by atoms with van der Waals surface area (Å²) < 4.78 is 10.9. The van der Waals surface area contributed by atoms with Crippen LogP contribution in [0.1, 0.15) is 45.4 Å². The molecule has 0 aliphatic heterocycles. The lowest BCUT2D eigenvalue weighted by Gasteiger charge is -2.10. The number of carbonyl (C=O) groups excluding carboxylic acids is 2. The molecule has 1 heterocycles. The molecule has 1 saturated carbocycles. The van der Waals surface area contributed by atoms with Crippen molar-refractivity contribution in [1.82, 2.24) is 10.3 Å². The molecule has 3 aromatic rings. The van der Waals surface area contributed by atoms with Gasteiger partial charge in [-0.05, 0) is 43.2 Å². The van der Waals surface area contributed by atoms with Crippen molar-refractivity contribution < 1.29 is 18.7 Å². The lowest BCUT2D eigenvalue weighted by molar-refractivity contribution is 0.0936. The third-order valence-corrected chi connectivity index (χ3v) is 5.24. The first-order valence-electron chi connectivity index (χ1n) is 10.0. The molecule has 0 radical (unpaired) electrons. The molecule has 0 bridgehead atoms. The fourth-order valence-electron chi connectivity index (χ4n) is 3.13. The second-order valence-corrected chi connectivity index (χ2v) is 7.68. The first kappa shape index (κ1) is 21.1. The average molecular weight is 440 g/mol. The number of halogens is 1. The predicted octanol–water partition coefficient (Wildman–Crippen LogP) is 4.50. The van der Waals surface area contributed by atoms with Crippen LogP contribution >= 0.6 is 11.6 Å². The maximum atomic E-state index is 13.0. The first-order chi connectivity index (χ1) is 15.1. The maximum Gasteiger partial charge on any atom is 0.277 e. The summed E-state index contributed by atoms with van der Waals surface area (Å²) in [5.41, 5.74) is 1.75. The summed E-state index contributed by atoms with van der Waals surface area (Å²) in [6.45, 7) is 0.786. The zero-order valence-electron chi connectivity index (χ0n) is 17.0. The predicted molar refractivity (Wildman–Crippen MR) is 118 cm³/mol. The summed E-state index contributed by atoms with van der Waals surface area (Å²) in [6.07, 6.45) is 1.92. The van der Waals surface area contributed by atoms with Gasteiger partial charge in [-0.25, -0.2) is 4.98 Å². The van der Waals surface area contributed by atoms with Crippen molar-refractivity contribution in [3.05, 3.63) is 70.6 Å². The van der Waals surface area contributed by atoms with Crippen LogP contribution < -0.4 is 10.6 Å². The summed E-state index contributed by atoms with van der Waals surface area (Å²) in [6, 6.07) is 14.2. The zero-order chi connectivity index (χ0) is 21.8. The molecule has 31 heavy (non-hydrogen) atoms. The first-order valence-corrected chi connectivity index (χ1v) is 10.4. The molecular weight excluding hydrogens is 418 g/mol. The van der Waals surface area contributed by atoms with Crippen LogP contribution in [0.3, 0.4) is 0 Å². The van der Waals surface area contributed by atoms with Gasteiger partial charge in [0.1, 0.15) is 5.76 Å². The lowest BCUT2D eigenvalue weighted by atomic mass is 10.1. The number of rotatable bonds is 8. The number of amides is 2. The number of anilines is 1. The summed E-state index contributed by atoms with van der Waals surface area (Å²) in [5, 5.41) is 5.84. The number of nitrogens with zero attached hydrogens (tertiary/aromatic N) is 1. The van der Waals surface area contributed by atoms with Crippen molar-refractivity contribution in [2.24, 2.45) is 0 Å². The second-order valence-electron chi connectivity index (χ2n) is 7.27. The average Bonchev–Trinajstić information content (AvgIpc) is 3.53. The summed E-state index contributed by atoms with van der Waals surface area (Å²) >= 11 is 6.26. The lowest BCUT2D eigenvalue weighted by Crippen LogP contribution is -2.27. The molecule has 1 aliphatic carbocycles. The molecule has 0 atom stereocenters. The minimum Gasteiger partial charge on any atom is -0.440 e. The highest BCUT2D eigenvalue weighted by atomic mass is 35.5. The van der Waals surface area contributed by atoms with E-state index >= 15 is 0 Å². The van der Waals surface area contributed by atoms with Gasteiger partial charge in [-0.15, -0.1) is 0 Å². The van der Waals surface area contributed by atoms with Crippen molar-refractivity contribution in [2.45, 2.75) is 18.8 Å². The van der Waals surface area contributed by atoms with Crippen LogP contribution in [0, 0.1) is 0 Å². The van der Waals surface area contributed by atoms with Crippen LogP contribution in [0.25, 0.3) is 11.5 Å². The number of aromatic nitrogens is 1. The largest absolute Gasteiger partial charge is 0.440 e. The molecule has 1 fully saturated rings. The highest BCUT2D eigenvalue weighted by molar-refractivity contribution is 6.34. The van der Waals surface area contributed by atoms with Crippen LogP contribution in [0.2, 0.25) is 5.02 Å². The van der Waals surface area contributed by atoms with Gasteiger partial charge >= 0.3 is 0 Å². The molecule has 160 valence electrons. The topological polar surface area (TPSA) is 93.5 Å². The molecule has 1 aliphatic rings. The van der Waals surface area contributed by atoms with E-state index in [9.17, 15) is 9.59 Å². The number of hydrogen-bond donors (Lipinski definition) is 2. The van der Waals surface area contributed by atoms with Crippen molar-refractivity contribution in [2.75, 3.05) is 25.6 Å². The molecule has 0 unspecified atom stereocenters. The van der Waals surface area contributed by atoms with E-state index in [0.29, 0.717) is 41.1 Å². The Morgan fingerprint density at radius 3 is 2.65 bits per heavy atom. The van der Waals surface area contributed by atoms with Crippen LogP contribution in [0.4, 0.5) is 5.69 Å². The van der Waals surface area contributed by atoms with Crippen LogP contribution in [0.5, 0.6) is 0 Å². The smallest absolute Gasteiger partial charge is 0.277 e. The Kier molecular flexibility index (Phi) is 6.34. The van der Waals surface area contributed by atoms with Crippen molar-refractivity contribution in [1.29, 1.82) is 0 Å². The van der Waals surface area contributed by atoms with Crippen LogP contribution in [0.15, 0.2) is 52.9 Å². The van der Waals surface area contributed by atoms with Gasteiger partial charge in [0, 0.05) is 30.7 Å². The Bertz CT molecular complexity index is 1090. The number of nitrogens with one attached hydrogen (secondary N) is 2. The van der Waals surface area contributed by atoms with E-state index in [-0.39, 0.29) is 17.5 Å². The number of benzene rings is 2. The molecule has 0 spiro atoms. The Morgan fingerprint density at radius 1 is 1.16 bits per heavy atom. The zero-order valence-corrected chi connectivity index (χ0v) is 17.7. The third-order valence-electron chi connectivity index (χ3n) is 4.91. The molecule has 0 saturated heterocycles. The minimum absolute atomic E-state index is 0.194. The molecule has 2 amide bonds. The molecule has 2 aromatic carbocycles. The summed E-state index contributed by atoms with van der Waals surface area (Å²) in [4.78, 5) is 29.8. The van der Waals surface area contributed by atoms with Gasteiger partial charge in [-0.2, -0.15) is 0 Å². The molecule has 7 nitrogen and oxygen atoms in total. The molecule has 8 heteroatoms. The number of methoxy groups -OCH3 is 1. The van der Waals surface area contributed by atoms with Gasteiger partial charge < -0.3 is 19.8 Å². The van der Waals surface area contributed by atoms with E-state index in [1.165, 1.54) is 6.07 Å². The standard InChI is InChI=1S/C23H22ClN3O4/c1-30-12-11-25-21(28)16-9-10-17(24)18(13-16)26-22(29)19-20(14-7-8-14)31-23(27-19)15-5-3-2-4-6-15/h2-6,9-10,13-14H,7-8,11-12H2,1H3,(H,25,28)(H,26,29). The van der Waals surface area contributed by atoms with E-state index < -0.39 is 5.91 Å². The Balaban J connectivity index is 1.56. The SMILES string of the molecule is COCCNC(=O)c1ccc(Cl)c(NC(=O)c2nc(-c3ccccc3)oc2C2CC2)c1. The Labute approximate surface area is 184 Å². The molecular formula is C23H22ClN3O4. The van der Waals surface area contributed by atoms with E-state index in [4.69, 9.17) is 20.8 Å². The number of ether oxygens (including phenoxy) is 1. The molecule has 4 rings (SSSR count). The molecule has 2 N–H and O–H groups in total. The number of hydrogen-bond acceptors (Lipinski definition) is 5. The van der Waals surface area contributed by atoms with Gasteiger partial charge in [0.05, 0.1) is 17.3 Å². The van der Waals surface area contributed by atoms with E-state index in [1.54, 1.807) is 19.2 Å². The van der Waals surface area contributed by atoms with Crippen molar-refractivity contribution in [3.8, 4) is 11.5 Å². The maximum absolute atomic E-state index is 13.0. The van der Waals surface area contributed by atoms with Crippen LogP contribution in [-0.2, 0) is 4.74 Å². The fourth-order valence-corrected chi connectivity index (χ4v) is 3.30.